The van der Waals surface area contributed by atoms with Crippen LogP contribution in [-0.2, 0) is 4.79 Å². The molecule has 7 nitrogen and oxygen atoms in total. The zero-order valence-electron chi connectivity index (χ0n) is 14.7. The van der Waals surface area contributed by atoms with Gasteiger partial charge in [0.15, 0.2) is 0 Å². The largest absolute Gasteiger partial charge is 0.358 e. The third-order valence-corrected chi connectivity index (χ3v) is 4.36. The molecule has 0 spiro atoms. The SMILES string of the molecule is CNC(=O)CN1CCCC[C@H]1c1cc(Nc2ccccn2)nc(C)n1. The Bertz CT molecular complexity index is 721. The summed E-state index contributed by atoms with van der Waals surface area (Å²) in [5, 5.41) is 5.94. The molecule has 1 amide bonds. The van der Waals surface area contributed by atoms with Crippen LogP contribution in [0.15, 0.2) is 30.5 Å². The van der Waals surface area contributed by atoms with Crippen molar-refractivity contribution in [2.24, 2.45) is 0 Å². The fourth-order valence-electron chi connectivity index (χ4n) is 3.17. The highest BCUT2D eigenvalue weighted by Crippen LogP contribution is 2.30. The molecular weight excluding hydrogens is 316 g/mol. The minimum Gasteiger partial charge on any atom is -0.358 e. The molecule has 1 aliphatic rings. The summed E-state index contributed by atoms with van der Waals surface area (Å²) in [6, 6.07) is 7.80. The maximum atomic E-state index is 11.8. The molecule has 3 heterocycles. The van der Waals surface area contributed by atoms with Gasteiger partial charge >= 0.3 is 0 Å². The molecule has 25 heavy (non-hydrogen) atoms. The van der Waals surface area contributed by atoms with E-state index >= 15 is 0 Å². The van der Waals surface area contributed by atoms with Crippen molar-refractivity contribution in [3.8, 4) is 0 Å². The molecule has 0 unspecified atom stereocenters. The molecule has 1 atom stereocenters. The average molecular weight is 340 g/mol. The number of rotatable bonds is 5. The molecule has 2 aromatic heterocycles. The minimum atomic E-state index is 0.0320. The Morgan fingerprint density at radius 2 is 2.16 bits per heavy atom. The van der Waals surface area contributed by atoms with Crippen molar-refractivity contribution in [1.29, 1.82) is 0 Å². The zero-order valence-corrected chi connectivity index (χ0v) is 14.7. The van der Waals surface area contributed by atoms with E-state index in [1.54, 1.807) is 13.2 Å². The predicted octanol–water partition coefficient (Wildman–Crippen LogP) is 2.20. The molecule has 0 bridgehead atoms. The summed E-state index contributed by atoms with van der Waals surface area (Å²) < 4.78 is 0. The fourth-order valence-corrected chi connectivity index (χ4v) is 3.17. The number of carbonyl (C=O) groups is 1. The van der Waals surface area contributed by atoms with Gasteiger partial charge in [0.25, 0.3) is 0 Å². The van der Waals surface area contributed by atoms with E-state index in [4.69, 9.17) is 0 Å². The number of amides is 1. The van der Waals surface area contributed by atoms with Gasteiger partial charge in [0.05, 0.1) is 18.3 Å². The van der Waals surface area contributed by atoms with Gasteiger partial charge in [0, 0.05) is 19.3 Å². The second kappa shape index (κ2) is 8.02. The Labute approximate surface area is 147 Å². The standard InChI is InChI=1S/C18H24N6O/c1-13-21-14(11-17(22-13)23-16-8-3-5-9-20-16)15-7-4-6-10-24(15)12-18(25)19-2/h3,5,8-9,11,15H,4,6-7,10,12H2,1-2H3,(H,19,25)(H,20,21,22,23)/t15-/m0/s1. The van der Waals surface area contributed by atoms with Crippen LogP contribution < -0.4 is 10.6 Å². The highest BCUT2D eigenvalue weighted by Gasteiger charge is 2.27. The lowest BCUT2D eigenvalue weighted by molar-refractivity contribution is -0.122. The van der Waals surface area contributed by atoms with Crippen molar-refractivity contribution in [2.45, 2.75) is 32.2 Å². The first-order chi connectivity index (χ1) is 12.2. The molecule has 1 fully saturated rings. The lowest BCUT2D eigenvalue weighted by atomic mass is 9.99. The van der Waals surface area contributed by atoms with Crippen molar-refractivity contribution in [2.75, 3.05) is 25.5 Å². The van der Waals surface area contributed by atoms with Crippen LogP contribution >= 0.6 is 0 Å². The van der Waals surface area contributed by atoms with Crippen LogP contribution in [0.1, 0.15) is 36.8 Å². The van der Waals surface area contributed by atoms with Crippen LogP contribution in [0.5, 0.6) is 0 Å². The summed E-state index contributed by atoms with van der Waals surface area (Å²) in [5.41, 5.74) is 0.953. The number of likely N-dealkylation sites (tertiary alicyclic amines) is 1. The van der Waals surface area contributed by atoms with Gasteiger partial charge in [-0.1, -0.05) is 12.5 Å². The number of piperidine rings is 1. The van der Waals surface area contributed by atoms with Crippen molar-refractivity contribution in [3.63, 3.8) is 0 Å². The Morgan fingerprint density at radius 3 is 2.92 bits per heavy atom. The normalized spacial score (nSPS) is 17.9. The number of aryl methyl sites for hydroxylation is 1. The molecule has 0 aromatic carbocycles. The number of pyridine rings is 1. The molecule has 0 aliphatic carbocycles. The van der Waals surface area contributed by atoms with Gasteiger partial charge in [0.2, 0.25) is 5.91 Å². The molecule has 7 heteroatoms. The number of anilines is 2. The third kappa shape index (κ3) is 4.51. The molecule has 0 saturated carbocycles. The summed E-state index contributed by atoms with van der Waals surface area (Å²) >= 11 is 0. The minimum absolute atomic E-state index is 0.0320. The van der Waals surface area contributed by atoms with E-state index in [1.165, 1.54) is 0 Å². The predicted molar refractivity (Wildman–Crippen MR) is 96.5 cm³/mol. The molecule has 0 radical (unpaired) electrons. The van der Waals surface area contributed by atoms with Gasteiger partial charge in [0.1, 0.15) is 17.5 Å². The number of hydrogen-bond acceptors (Lipinski definition) is 6. The molecule has 1 saturated heterocycles. The topological polar surface area (TPSA) is 83.0 Å². The van der Waals surface area contributed by atoms with Crippen LogP contribution in [0, 0.1) is 6.92 Å². The lowest BCUT2D eigenvalue weighted by Gasteiger charge is -2.34. The summed E-state index contributed by atoms with van der Waals surface area (Å²) in [4.78, 5) is 27.4. The third-order valence-electron chi connectivity index (χ3n) is 4.36. The molecule has 132 valence electrons. The van der Waals surface area contributed by atoms with Gasteiger partial charge in [-0.2, -0.15) is 0 Å². The molecule has 2 N–H and O–H groups in total. The van der Waals surface area contributed by atoms with E-state index in [9.17, 15) is 4.79 Å². The fraction of sp³-hybridized carbons (Fsp3) is 0.444. The zero-order chi connectivity index (χ0) is 17.6. The van der Waals surface area contributed by atoms with Crippen LogP contribution in [0.2, 0.25) is 0 Å². The van der Waals surface area contributed by atoms with Crippen molar-refractivity contribution < 1.29 is 4.79 Å². The van der Waals surface area contributed by atoms with Crippen molar-refractivity contribution in [1.82, 2.24) is 25.2 Å². The Balaban J connectivity index is 1.83. The van der Waals surface area contributed by atoms with E-state index in [2.05, 4.69) is 30.5 Å². The summed E-state index contributed by atoms with van der Waals surface area (Å²) in [6.07, 6.45) is 4.98. The number of hydrogen-bond donors (Lipinski definition) is 2. The number of carbonyl (C=O) groups excluding carboxylic acids is 1. The second-order valence-electron chi connectivity index (χ2n) is 6.22. The van der Waals surface area contributed by atoms with E-state index < -0.39 is 0 Å². The summed E-state index contributed by atoms with van der Waals surface area (Å²) in [6.45, 7) is 3.19. The second-order valence-corrected chi connectivity index (χ2v) is 6.22. The number of nitrogens with one attached hydrogen (secondary N) is 2. The highest BCUT2D eigenvalue weighted by atomic mass is 16.1. The van der Waals surface area contributed by atoms with E-state index in [-0.39, 0.29) is 11.9 Å². The van der Waals surface area contributed by atoms with E-state index in [1.807, 2.05) is 31.2 Å². The van der Waals surface area contributed by atoms with E-state index in [0.717, 1.165) is 43.1 Å². The number of likely N-dealkylation sites (N-methyl/N-ethyl adjacent to an activating group) is 1. The number of aromatic nitrogens is 3. The van der Waals surface area contributed by atoms with Gasteiger partial charge in [-0.25, -0.2) is 15.0 Å². The number of nitrogens with zero attached hydrogens (tertiary/aromatic N) is 4. The lowest BCUT2D eigenvalue weighted by Crippen LogP contribution is -2.41. The maximum absolute atomic E-state index is 11.8. The Hall–Kier alpha value is -2.54. The van der Waals surface area contributed by atoms with E-state index in [0.29, 0.717) is 12.4 Å². The Kier molecular flexibility index (Phi) is 5.55. The summed E-state index contributed by atoms with van der Waals surface area (Å²) in [5.74, 6) is 2.22. The van der Waals surface area contributed by atoms with Gasteiger partial charge in [-0.15, -0.1) is 0 Å². The van der Waals surface area contributed by atoms with Crippen LogP contribution in [0.3, 0.4) is 0 Å². The molecule has 1 aliphatic heterocycles. The average Bonchev–Trinajstić information content (AvgIpc) is 2.62. The van der Waals surface area contributed by atoms with Crippen molar-refractivity contribution >= 4 is 17.5 Å². The Morgan fingerprint density at radius 1 is 1.28 bits per heavy atom. The molecule has 3 rings (SSSR count). The monoisotopic (exact) mass is 340 g/mol. The molecule has 2 aromatic rings. The van der Waals surface area contributed by atoms with Gasteiger partial charge in [-0.3, -0.25) is 9.69 Å². The van der Waals surface area contributed by atoms with Crippen LogP contribution in [-0.4, -0.2) is 45.9 Å². The molecular formula is C18H24N6O. The first-order valence-electron chi connectivity index (χ1n) is 8.64. The smallest absolute Gasteiger partial charge is 0.233 e. The van der Waals surface area contributed by atoms with Crippen LogP contribution in [0.25, 0.3) is 0 Å². The van der Waals surface area contributed by atoms with Gasteiger partial charge < -0.3 is 10.6 Å². The quantitative estimate of drug-likeness (QED) is 0.868. The first-order valence-corrected chi connectivity index (χ1v) is 8.64. The van der Waals surface area contributed by atoms with Crippen molar-refractivity contribution in [3.05, 3.63) is 42.0 Å². The first kappa shape index (κ1) is 17.3. The maximum Gasteiger partial charge on any atom is 0.233 e. The van der Waals surface area contributed by atoms with Crippen LogP contribution in [0.4, 0.5) is 11.6 Å². The van der Waals surface area contributed by atoms with Gasteiger partial charge in [-0.05, 0) is 38.4 Å². The summed E-state index contributed by atoms with van der Waals surface area (Å²) in [7, 11) is 1.67. The highest BCUT2D eigenvalue weighted by molar-refractivity contribution is 5.77.